The molecule has 6 nitrogen and oxygen atoms in total. The minimum atomic E-state index is -0.332. The molecule has 0 unspecified atom stereocenters. The lowest BCUT2D eigenvalue weighted by Gasteiger charge is -2.28. The smallest absolute Gasteiger partial charge is 0.320 e. The van der Waals surface area contributed by atoms with Crippen LogP contribution >= 0.6 is 23.2 Å². The molecular formula is C20H16Cl2N4O2. The molecule has 2 aromatic carbocycles. The lowest BCUT2D eigenvalue weighted by Crippen LogP contribution is -2.41. The highest BCUT2D eigenvalue weighted by Gasteiger charge is 2.25. The van der Waals surface area contributed by atoms with Gasteiger partial charge >= 0.3 is 6.03 Å². The van der Waals surface area contributed by atoms with Crippen LogP contribution in [0.25, 0.3) is 11.4 Å². The SMILES string of the molecule is O=C(Nc1ccc(Cl)cc1Cl)N1CCc2nc(-c3ccccc3)[nH]c(=O)c2C1. The van der Waals surface area contributed by atoms with Gasteiger partial charge in [-0.2, -0.15) is 0 Å². The van der Waals surface area contributed by atoms with Crippen molar-refractivity contribution in [1.29, 1.82) is 0 Å². The maximum atomic E-state index is 12.6. The van der Waals surface area contributed by atoms with Gasteiger partial charge in [-0.1, -0.05) is 53.5 Å². The van der Waals surface area contributed by atoms with E-state index in [-0.39, 0.29) is 18.1 Å². The minimum absolute atomic E-state index is 0.184. The number of nitrogens with zero attached hydrogens (tertiary/aromatic N) is 2. The van der Waals surface area contributed by atoms with Crippen LogP contribution < -0.4 is 10.9 Å². The molecule has 1 aliphatic rings. The molecular weight excluding hydrogens is 399 g/mol. The fourth-order valence-electron chi connectivity index (χ4n) is 3.12. The number of benzene rings is 2. The minimum Gasteiger partial charge on any atom is -0.320 e. The first-order valence-corrected chi connectivity index (χ1v) is 9.45. The average molecular weight is 415 g/mol. The predicted octanol–water partition coefficient (Wildman–Crippen LogP) is 4.33. The number of anilines is 1. The molecule has 142 valence electrons. The molecule has 0 spiro atoms. The van der Waals surface area contributed by atoms with E-state index in [9.17, 15) is 9.59 Å². The van der Waals surface area contributed by atoms with Crippen molar-refractivity contribution in [2.24, 2.45) is 0 Å². The molecule has 0 radical (unpaired) electrons. The van der Waals surface area contributed by atoms with Crippen LogP contribution in [-0.4, -0.2) is 27.4 Å². The zero-order valence-corrected chi connectivity index (χ0v) is 16.2. The fraction of sp³-hybridized carbons (Fsp3) is 0.150. The zero-order valence-electron chi connectivity index (χ0n) is 14.7. The molecule has 0 aliphatic carbocycles. The van der Waals surface area contributed by atoms with E-state index in [0.29, 0.717) is 40.1 Å². The number of H-pyrrole nitrogens is 1. The van der Waals surface area contributed by atoms with Gasteiger partial charge in [0.1, 0.15) is 5.82 Å². The van der Waals surface area contributed by atoms with Crippen LogP contribution in [0.3, 0.4) is 0 Å². The molecule has 2 N–H and O–H groups in total. The summed E-state index contributed by atoms with van der Waals surface area (Å²) in [6.45, 7) is 0.637. The van der Waals surface area contributed by atoms with E-state index in [4.69, 9.17) is 23.2 Å². The second kappa shape index (κ2) is 7.66. The first-order valence-electron chi connectivity index (χ1n) is 8.70. The van der Waals surface area contributed by atoms with Crippen LogP contribution in [0, 0.1) is 0 Å². The molecule has 0 fully saturated rings. The molecule has 28 heavy (non-hydrogen) atoms. The Morgan fingerprint density at radius 2 is 1.93 bits per heavy atom. The highest BCUT2D eigenvalue weighted by molar-refractivity contribution is 6.36. The summed E-state index contributed by atoms with van der Waals surface area (Å²) in [6, 6.07) is 14.0. The lowest BCUT2D eigenvalue weighted by atomic mass is 10.1. The number of carbonyl (C=O) groups excluding carboxylic acids is 1. The molecule has 1 aliphatic heterocycles. The van der Waals surface area contributed by atoms with E-state index in [1.165, 1.54) is 0 Å². The number of hydrogen-bond donors (Lipinski definition) is 2. The number of aromatic nitrogens is 2. The molecule has 8 heteroatoms. The van der Waals surface area contributed by atoms with E-state index in [2.05, 4.69) is 15.3 Å². The molecule has 2 heterocycles. The summed E-state index contributed by atoms with van der Waals surface area (Å²) in [4.78, 5) is 34.2. The van der Waals surface area contributed by atoms with Gasteiger partial charge < -0.3 is 15.2 Å². The van der Waals surface area contributed by atoms with Gasteiger partial charge in [0, 0.05) is 23.6 Å². The summed E-state index contributed by atoms with van der Waals surface area (Å²) in [6.07, 6.45) is 0.501. The number of fused-ring (bicyclic) bond motifs is 1. The molecule has 2 amide bonds. The van der Waals surface area contributed by atoms with E-state index < -0.39 is 0 Å². The van der Waals surface area contributed by atoms with Crippen molar-refractivity contribution in [3.05, 3.63) is 80.2 Å². The number of amides is 2. The lowest BCUT2D eigenvalue weighted by molar-refractivity contribution is 0.205. The van der Waals surface area contributed by atoms with Crippen molar-refractivity contribution in [2.75, 3.05) is 11.9 Å². The zero-order chi connectivity index (χ0) is 19.7. The molecule has 4 rings (SSSR count). The van der Waals surface area contributed by atoms with Crippen molar-refractivity contribution in [2.45, 2.75) is 13.0 Å². The predicted molar refractivity (Wildman–Crippen MR) is 110 cm³/mol. The number of urea groups is 1. The monoisotopic (exact) mass is 414 g/mol. The Balaban J connectivity index is 1.55. The number of hydrogen-bond acceptors (Lipinski definition) is 3. The summed E-state index contributed by atoms with van der Waals surface area (Å²) in [5.41, 5.74) is 2.30. The van der Waals surface area contributed by atoms with Gasteiger partial charge in [0.15, 0.2) is 0 Å². The van der Waals surface area contributed by atoms with E-state index >= 15 is 0 Å². The van der Waals surface area contributed by atoms with Crippen LogP contribution in [0.15, 0.2) is 53.3 Å². The van der Waals surface area contributed by atoms with Gasteiger partial charge in [-0.05, 0) is 18.2 Å². The normalized spacial score (nSPS) is 13.1. The van der Waals surface area contributed by atoms with Gasteiger partial charge in [0.05, 0.1) is 28.5 Å². The summed E-state index contributed by atoms with van der Waals surface area (Å²) in [5, 5.41) is 3.60. The molecule has 3 aromatic rings. The maximum Gasteiger partial charge on any atom is 0.322 e. The summed E-state index contributed by atoms with van der Waals surface area (Å²) in [7, 11) is 0. The Morgan fingerprint density at radius 3 is 2.68 bits per heavy atom. The van der Waals surface area contributed by atoms with Crippen molar-refractivity contribution in [3.63, 3.8) is 0 Å². The Morgan fingerprint density at radius 1 is 1.14 bits per heavy atom. The molecule has 1 aromatic heterocycles. The first-order chi connectivity index (χ1) is 13.5. The molecule has 0 atom stereocenters. The Kier molecular flexibility index (Phi) is 5.07. The highest BCUT2D eigenvalue weighted by Crippen LogP contribution is 2.26. The van der Waals surface area contributed by atoms with Crippen molar-refractivity contribution < 1.29 is 4.79 Å². The average Bonchev–Trinajstić information content (AvgIpc) is 2.70. The van der Waals surface area contributed by atoms with Crippen LogP contribution in [-0.2, 0) is 13.0 Å². The van der Waals surface area contributed by atoms with Crippen molar-refractivity contribution in [1.82, 2.24) is 14.9 Å². The van der Waals surface area contributed by atoms with Crippen LogP contribution in [0.4, 0.5) is 10.5 Å². The van der Waals surface area contributed by atoms with Gasteiger partial charge in [-0.25, -0.2) is 9.78 Å². The fourth-order valence-corrected chi connectivity index (χ4v) is 3.57. The standard InChI is InChI=1S/C20H16Cl2N4O2/c21-13-6-7-17(15(22)10-13)24-20(28)26-9-8-16-14(11-26)19(27)25-18(23-16)12-4-2-1-3-5-12/h1-7,10H,8-9,11H2,(H,24,28)(H,23,25,27). The first kappa shape index (κ1) is 18.5. The summed E-state index contributed by atoms with van der Waals surface area (Å²) < 4.78 is 0. The highest BCUT2D eigenvalue weighted by atomic mass is 35.5. The number of rotatable bonds is 2. The van der Waals surface area contributed by atoms with Gasteiger partial charge in [0.25, 0.3) is 5.56 Å². The number of carbonyl (C=O) groups is 1. The second-order valence-corrected chi connectivity index (χ2v) is 7.28. The largest absolute Gasteiger partial charge is 0.322 e. The van der Waals surface area contributed by atoms with Crippen LogP contribution in [0.5, 0.6) is 0 Å². The van der Waals surface area contributed by atoms with Crippen molar-refractivity contribution in [3.8, 4) is 11.4 Å². The number of halogens is 2. The maximum absolute atomic E-state index is 12.6. The van der Waals surface area contributed by atoms with E-state index in [1.807, 2.05) is 30.3 Å². The summed E-state index contributed by atoms with van der Waals surface area (Å²) >= 11 is 12.0. The van der Waals surface area contributed by atoms with Gasteiger partial charge in [0.2, 0.25) is 0 Å². The Labute approximate surface area is 171 Å². The third-order valence-corrected chi connectivity index (χ3v) is 5.12. The number of nitrogens with one attached hydrogen (secondary N) is 2. The van der Waals surface area contributed by atoms with Crippen molar-refractivity contribution >= 4 is 34.9 Å². The molecule has 0 saturated heterocycles. The molecule has 0 bridgehead atoms. The topological polar surface area (TPSA) is 78.1 Å². The quantitative estimate of drug-likeness (QED) is 0.654. The third kappa shape index (κ3) is 3.74. The third-order valence-electron chi connectivity index (χ3n) is 4.58. The second-order valence-electron chi connectivity index (χ2n) is 6.43. The van der Waals surface area contributed by atoms with E-state index in [0.717, 1.165) is 11.3 Å². The summed E-state index contributed by atoms with van der Waals surface area (Å²) in [5.74, 6) is 0.537. The van der Waals surface area contributed by atoms with Crippen LogP contribution in [0.2, 0.25) is 10.0 Å². The van der Waals surface area contributed by atoms with Gasteiger partial charge in [-0.15, -0.1) is 0 Å². The number of aromatic amines is 1. The Hall–Kier alpha value is -2.83. The van der Waals surface area contributed by atoms with Gasteiger partial charge in [-0.3, -0.25) is 4.79 Å². The molecule has 0 saturated carbocycles. The van der Waals surface area contributed by atoms with E-state index in [1.54, 1.807) is 23.1 Å². The van der Waals surface area contributed by atoms with Crippen LogP contribution in [0.1, 0.15) is 11.3 Å². The Bertz CT molecular complexity index is 1100.